The Kier molecular flexibility index (Phi) is 5.28. The van der Waals surface area contributed by atoms with E-state index in [2.05, 4.69) is 40.7 Å². The summed E-state index contributed by atoms with van der Waals surface area (Å²) >= 11 is 0. The molecule has 0 spiro atoms. The second kappa shape index (κ2) is 8.34. The normalized spacial score (nSPS) is 12.1. The quantitative estimate of drug-likeness (QED) is 0.143. The van der Waals surface area contributed by atoms with Crippen LogP contribution in [-0.2, 0) is 6.42 Å². The second-order valence-electron chi connectivity index (χ2n) is 6.17. The molecule has 3 heterocycles. The summed E-state index contributed by atoms with van der Waals surface area (Å²) in [4.78, 5) is 17.0. The van der Waals surface area contributed by atoms with Crippen LogP contribution < -0.4 is 16.9 Å². The van der Waals surface area contributed by atoms with Gasteiger partial charge in [-0.1, -0.05) is 29.5 Å². The average Bonchev–Trinajstić information content (AvgIpc) is 3.43. The number of rotatable bonds is 6. The smallest absolute Gasteiger partial charge is 0.259 e. The Hall–Kier alpha value is -4.35. The Bertz CT molecular complexity index is 1190. The lowest BCUT2D eigenvalue weighted by Crippen LogP contribution is -2.12. The number of anilines is 2. The molecule has 0 bridgehead atoms. The molecule has 0 aliphatic rings. The van der Waals surface area contributed by atoms with Gasteiger partial charge in [-0.15, -0.1) is 10.2 Å². The molecule has 152 valence electrons. The van der Waals surface area contributed by atoms with Gasteiger partial charge in [-0.25, -0.2) is 0 Å². The van der Waals surface area contributed by atoms with E-state index in [0.29, 0.717) is 35.7 Å². The zero-order valence-corrected chi connectivity index (χ0v) is 16.1. The lowest BCUT2D eigenvalue weighted by molar-refractivity contribution is 0.577. The van der Waals surface area contributed by atoms with E-state index in [1.807, 2.05) is 24.3 Å². The predicted octanol–water partition coefficient (Wildman–Crippen LogP) is 1.72. The summed E-state index contributed by atoms with van der Waals surface area (Å²) in [5, 5.41) is 14.5. The second-order valence-corrected chi connectivity index (χ2v) is 6.17. The van der Waals surface area contributed by atoms with E-state index in [-0.39, 0.29) is 5.95 Å². The number of aromatic nitrogens is 5. The van der Waals surface area contributed by atoms with Crippen LogP contribution in [0.3, 0.4) is 0 Å². The van der Waals surface area contributed by atoms with Crippen LogP contribution in [0.2, 0.25) is 0 Å². The Balaban J connectivity index is 1.42. The monoisotopic (exact) mass is 405 g/mol. The number of hydrogen-bond donors (Lipinski definition) is 3. The van der Waals surface area contributed by atoms with E-state index in [1.54, 1.807) is 25.4 Å². The van der Waals surface area contributed by atoms with Gasteiger partial charge in [0.15, 0.2) is 11.6 Å². The van der Waals surface area contributed by atoms with Crippen LogP contribution >= 0.6 is 0 Å². The summed E-state index contributed by atoms with van der Waals surface area (Å²) in [5.74, 6) is 7.38. The molecule has 0 saturated heterocycles. The van der Waals surface area contributed by atoms with Crippen molar-refractivity contribution >= 4 is 23.5 Å². The SMILES string of the molecule is CN=C(N=NN)c1ccc(CCNc2nc(N)n3nc(-c4ccco4)nc3n2)cc1. The maximum absolute atomic E-state index is 5.99. The first kappa shape index (κ1) is 19.0. The van der Waals surface area contributed by atoms with Gasteiger partial charge in [0.1, 0.15) is 0 Å². The topological polar surface area (TPSA) is 170 Å². The Morgan fingerprint density at radius 1 is 1.17 bits per heavy atom. The first-order valence-corrected chi connectivity index (χ1v) is 9.03. The van der Waals surface area contributed by atoms with Crippen LogP contribution in [0.5, 0.6) is 0 Å². The van der Waals surface area contributed by atoms with E-state index in [0.717, 1.165) is 17.5 Å². The first-order chi connectivity index (χ1) is 14.7. The van der Waals surface area contributed by atoms with Crippen LogP contribution in [-0.4, -0.2) is 44.0 Å². The van der Waals surface area contributed by atoms with Crippen molar-refractivity contribution in [2.75, 3.05) is 24.6 Å². The third-order valence-electron chi connectivity index (χ3n) is 4.25. The van der Waals surface area contributed by atoms with Crippen molar-refractivity contribution in [2.24, 2.45) is 21.2 Å². The van der Waals surface area contributed by atoms with Crippen molar-refractivity contribution in [3.8, 4) is 11.6 Å². The van der Waals surface area contributed by atoms with E-state index in [9.17, 15) is 0 Å². The molecule has 0 radical (unpaired) electrons. The van der Waals surface area contributed by atoms with Crippen molar-refractivity contribution in [3.63, 3.8) is 0 Å². The van der Waals surface area contributed by atoms with E-state index in [1.165, 1.54) is 4.52 Å². The highest BCUT2D eigenvalue weighted by Crippen LogP contribution is 2.17. The van der Waals surface area contributed by atoms with E-state index >= 15 is 0 Å². The first-order valence-electron chi connectivity index (χ1n) is 9.03. The molecule has 0 aliphatic heterocycles. The molecule has 4 rings (SSSR count). The van der Waals surface area contributed by atoms with Gasteiger partial charge in [-0.2, -0.15) is 19.5 Å². The fraction of sp³-hybridized carbons (Fsp3) is 0.167. The highest BCUT2D eigenvalue weighted by Gasteiger charge is 2.13. The highest BCUT2D eigenvalue weighted by molar-refractivity contribution is 5.99. The molecule has 0 aliphatic carbocycles. The largest absolute Gasteiger partial charge is 0.461 e. The van der Waals surface area contributed by atoms with Gasteiger partial charge >= 0.3 is 0 Å². The van der Waals surface area contributed by atoms with Gasteiger partial charge in [-0.3, -0.25) is 4.99 Å². The molecule has 0 amide bonds. The summed E-state index contributed by atoms with van der Waals surface area (Å²) < 4.78 is 6.68. The van der Waals surface area contributed by atoms with Crippen molar-refractivity contribution in [2.45, 2.75) is 6.42 Å². The number of furan rings is 1. The Morgan fingerprint density at radius 3 is 2.70 bits per heavy atom. The number of amidine groups is 1. The standard InChI is InChI=1S/C18H19N11O/c1-21-14(26-28-20)12-6-4-11(5-7-12)8-9-22-17-24-16(19)29-18(25-17)23-15(27-29)13-3-2-10-30-13/h2-7,10H,8-9H2,1H3,(H2,20,21,26)(H3,19,22,23,24,25,27). The number of benzene rings is 1. The van der Waals surface area contributed by atoms with Gasteiger partial charge in [0, 0.05) is 19.2 Å². The summed E-state index contributed by atoms with van der Waals surface area (Å²) in [6.07, 6.45) is 2.30. The lowest BCUT2D eigenvalue weighted by atomic mass is 10.1. The van der Waals surface area contributed by atoms with Crippen molar-refractivity contribution in [3.05, 3.63) is 53.8 Å². The molecule has 0 atom stereocenters. The summed E-state index contributed by atoms with van der Waals surface area (Å²) in [7, 11) is 1.64. The zero-order chi connectivity index (χ0) is 20.9. The van der Waals surface area contributed by atoms with E-state index < -0.39 is 0 Å². The zero-order valence-electron chi connectivity index (χ0n) is 16.1. The fourth-order valence-corrected chi connectivity index (χ4v) is 2.82. The summed E-state index contributed by atoms with van der Waals surface area (Å²) in [5.41, 5.74) is 7.94. The maximum Gasteiger partial charge on any atom is 0.259 e. The number of nitrogens with zero attached hydrogens (tertiary/aromatic N) is 8. The van der Waals surface area contributed by atoms with E-state index in [4.69, 9.17) is 16.0 Å². The Morgan fingerprint density at radius 2 is 2.00 bits per heavy atom. The molecule has 4 aromatic rings. The number of hydrogen-bond acceptors (Lipinski definition) is 9. The molecule has 5 N–H and O–H groups in total. The fourth-order valence-electron chi connectivity index (χ4n) is 2.82. The average molecular weight is 405 g/mol. The Labute approximate surface area is 170 Å². The van der Waals surface area contributed by atoms with Crippen molar-refractivity contribution < 1.29 is 4.42 Å². The van der Waals surface area contributed by atoms with Crippen LogP contribution in [0.25, 0.3) is 17.4 Å². The predicted molar refractivity (Wildman–Crippen MR) is 111 cm³/mol. The molecule has 0 saturated carbocycles. The van der Waals surface area contributed by atoms with Gasteiger partial charge in [0.05, 0.1) is 6.26 Å². The van der Waals surface area contributed by atoms with Crippen LogP contribution in [0.4, 0.5) is 11.9 Å². The molecular formula is C18H19N11O. The van der Waals surface area contributed by atoms with Gasteiger partial charge in [0.25, 0.3) is 5.78 Å². The third-order valence-corrected chi connectivity index (χ3v) is 4.25. The lowest BCUT2D eigenvalue weighted by Gasteiger charge is -2.06. The van der Waals surface area contributed by atoms with Gasteiger partial charge < -0.3 is 21.3 Å². The minimum absolute atomic E-state index is 0.178. The summed E-state index contributed by atoms with van der Waals surface area (Å²) in [6, 6.07) is 11.3. The van der Waals surface area contributed by atoms with Crippen LogP contribution in [0.1, 0.15) is 11.1 Å². The molecule has 3 aromatic heterocycles. The number of fused-ring (bicyclic) bond motifs is 1. The molecule has 0 unspecified atom stereocenters. The number of nitrogen functional groups attached to an aromatic ring is 1. The number of aliphatic imine (C=N–C) groups is 1. The molecule has 12 nitrogen and oxygen atoms in total. The molecule has 30 heavy (non-hydrogen) atoms. The molecule has 0 fully saturated rings. The minimum atomic E-state index is 0.178. The molecule has 12 heteroatoms. The molecular weight excluding hydrogens is 386 g/mol. The van der Waals surface area contributed by atoms with Crippen molar-refractivity contribution in [1.82, 2.24) is 24.6 Å². The number of nitrogens with one attached hydrogen (secondary N) is 1. The van der Waals surface area contributed by atoms with Gasteiger partial charge in [-0.05, 0) is 24.1 Å². The van der Waals surface area contributed by atoms with Gasteiger partial charge in [0.2, 0.25) is 17.7 Å². The highest BCUT2D eigenvalue weighted by atomic mass is 16.3. The maximum atomic E-state index is 5.99. The molecule has 1 aromatic carbocycles. The third kappa shape index (κ3) is 3.92. The number of nitrogens with two attached hydrogens (primary N) is 2. The van der Waals surface area contributed by atoms with Crippen LogP contribution in [0, 0.1) is 0 Å². The summed E-state index contributed by atoms with van der Waals surface area (Å²) in [6.45, 7) is 0.603. The van der Waals surface area contributed by atoms with Crippen molar-refractivity contribution in [1.29, 1.82) is 0 Å². The minimum Gasteiger partial charge on any atom is -0.461 e. The van der Waals surface area contributed by atoms with Crippen LogP contribution in [0.15, 0.2) is 62.4 Å².